The second kappa shape index (κ2) is 6.34. The molecule has 0 bridgehead atoms. The van der Waals surface area contributed by atoms with Crippen LogP contribution < -0.4 is 5.73 Å². The molecule has 0 aliphatic heterocycles. The van der Waals surface area contributed by atoms with E-state index in [4.69, 9.17) is 5.73 Å². The molecule has 1 aromatic rings. The van der Waals surface area contributed by atoms with Crippen LogP contribution in [-0.2, 0) is 0 Å². The van der Waals surface area contributed by atoms with Gasteiger partial charge in [-0.3, -0.25) is 0 Å². The summed E-state index contributed by atoms with van der Waals surface area (Å²) in [4.78, 5) is 0. The number of nitrogens with two attached hydrogens (primary N) is 1. The van der Waals surface area contributed by atoms with E-state index >= 15 is 0 Å². The van der Waals surface area contributed by atoms with Crippen LogP contribution in [0.25, 0.3) is 0 Å². The minimum absolute atomic E-state index is 0.129. The van der Waals surface area contributed by atoms with Gasteiger partial charge in [0.15, 0.2) is 6.04 Å². The number of nitrogens with zero attached hydrogens (tertiary/aromatic N) is 2. The van der Waals surface area contributed by atoms with Crippen LogP contribution in [-0.4, -0.2) is 18.8 Å². The molecule has 0 amide bonds. The maximum atomic E-state index is 12.6. The van der Waals surface area contributed by atoms with Crippen LogP contribution in [0.3, 0.4) is 0 Å². The minimum Gasteiger partial charge on any atom is -0.330 e. The van der Waals surface area contributed by atoms with E-state index in [9.17, 15) is 13.2 Å². The molecule has 1 rings (SSSR count). The quantitative estimate of drug-likeness (QED) is 0.794. The van der Waals surface area contributed by atoms with E-state index in [1.165, 1.54) is 0 Å². The third kappa shape index (κ3) is 4.95. The topological polar surface area (TPSA) is 50.7 Å². The summed E-state index contributed by atoms with van der Waals surface area (Å²) in [6, 6.07) is 6.56. The van der Waals surface area contributed by atoms with Crippen LogP contribution in [0.4, 0.5) is 18.9 Å². The number of hydrogen-bond donors (Lipinski definition) is 1. The van der Waals surface area contributed by atoms with Crippen LogP contribution in [0.5, 0.6) is 0 Å². The Morgan fingerprint density at radius 2 is 1.82 bits per heavy atom. The van der Waals surface area contributed by atoms with Crippen molar-refractivity contribution in [3.63, 3.8) is 0 Å². The molecule has 94 valence electrons. The summed E-state index contributed by atoms with van der Waals surface area (Å²) in [5, 5.41) is 6.94. The van der Waals surface area contributed by atoms with Crippen molar-refractivity contribution in [3.05, 3.63) is 30.3 Å². The summed E-state index contributed by atoms with van der Waals surface area (Å²) >= 11 is 0. The highest BCUT2D eigenvalue weighted by Gasteiger charge is 2.39. The van der Waals surface area contributed by atoms with Gasteiger partial charge in [-0.15, -0.1) is 0 Å². The van der Waals surface area contributed by atoms with Crippen molar-refractivity contribution < 1.29 is 13.2 Å². The van der Waals surface area contributed by atoms with Crippen LogP contribution in [0.1, 0.15) is 12.8 Å². The van der Waals surface area contributed by atoms with E-state index < -0.39 is 12.2 Å². The summed E-state index contributed by atoms with van der Waals surface area (Å²) < 4.78 is 37.7. The van der Waals surface area contributed by atoms with Gasteiger partial charge in [-0.05, 0) is 31.5 Å². The van der Waals surface area contributed by atoms with E-state index in [-0.39, 0.29) is 19.4 Å². The maximum Gasteiger partial charge on any atom is 0.412 e. The lowest BCUT2D eigenvalue weighted by molar-refractivity contribution is -0.149. The monoisotopic (exact) mass is 245 g/mol. The molecular weight excluding hydrogens is 231 g/mol. The molecule has 0 aliphatic carbocycles. The van der Waals surface area contributed by atoms with Gasteiger partial charge in [0.25, 0.3) is 0 Å². The molecule has 3 nitrogen and oxygen atoms in total. The first kappa shape index (κ1) is 13.6. The highest BCUT2D eigenvalue weighted by molar-refractivity contribution is 5.34. The van der Waals surface area contributed by atoms with Crippen molar-refractivity contribution in [1.29, 1.82) is 0 Å². The molecule has 17 heavy (non-hydrogen) atoms. The molecule has 0 radical (unpaired) electrons. The van der Waals surface area contributed by atoms with Gasteiger partial charge in [-0.2, -0.15) is 23.4 Å². The Labute approximate surface area is 97.5 Å². The smallest absolute Gasteiger partial charge is 0.330 e. The Kier molecular flexibility index (Phi) is 5.09. The molecular formula is C11H14F3N3. The second-order valence-corrected chi connectivity index (χ2v) is 3.54. The van der Waals surface area contributed by atoms with Gasteiger partial charge >= 0.3 is 6.18 Å². The molecule has 0 heterocycles. The fourth-order valence-electron chi connectivity index (χ4n) is 1.23. The lowest BCUT2D eigenvalue weighted by atomic mass is 10.1. The zero-order chi connectivity index (χ0) is 12.7. The molecule has 0 spiro atoms. The summed E-state index contributed by atoms with van der Waals surface area (Å²) in [7, 11) is 0. The zero-order valence-electron chi connectivity index (χ0n) is 9.19. The molecule has 6 heteroatoms. The number of benzene rings is 1. The van der Waals surface area contributed by atoms with Crippen molar-refractivity contribution in [1.82, 2.24) is 0 Å². The number of rotatable bonds is 5. The summed E-state index contributed by atoms with van der Waals surface area (Å²) in [5.74, 6) is 0. The Hall–Kier alpha value is -1.43. The fraction of sp³-hybridized carbons (Fsp3) is 0.455. The highest BCUT2D eigenvalue weighted by atomic mass is 19.4. The third-order valence-corrected chi connectivity index (χ3v) is 2.13. The number of alkyl halides is 3. The average molecular weight is 245 g/mol. The molecule has 0 saturated heterocycles. The summed E-state index contributed by atoms with van der Waals surface area (Å²) in [6.45, 7) is 0.216. The average Bonchev–Trinajstić information content (AvgIpc) is 2.29. The first-order valence-corrected chi connectivity index (χ1v) is 5.26. The van der Waals surface area contributed by atoms with Crippen molar-refractivity contribution in [2.45, 2.75) is 25.1 Å². The Balaban J connectivity index is 2.69. The number of hydrogen-bond acceptors (Lipinski definition) is 3. The number of azo groups is 1. The largest absolute Gasteiger partial charge is 0.412 e. The second-order valence-electron chi connectivity index (χ2n) is 3.54. The van der Waals surface area contributed by atoms with Crippen molar-refractivity contribution in [2.75, 3.05) is 6.54 Å². The van der Waals surface area contributed by atoms with Gasteiger partial charge in [-0.1, -0.05) is 18.2 Å². The van der Waals surface area contributed by atoms with Gasteiger partial charge < -0.3 is 5.73 Å². The standard InChI is InChI=1S/C11H14F3N3/c12-11(13,14)10(7-4-8-15)17-16-9-5-2-1-3-6-9/h1-3,5-6,10H,4,7-8,15H2. The first-order chi connectivity index (χ1) is 8.04. The van der Waals surface area contributed by atoms with E-state index in [0.29, 0.717) is 5.69 Å². The maximum absolute atomic E-state index is 12.6. The van der Waals surface area contributed by atoms with Gasteiger partial charge in [0.05, 0.1) is 5.69 Å². The highest BCUT2D eigenvalue weighted by Crippen LogP contribution is 2.27. The van der Waals surface area contributed by atoms with Gasteiger partial charge in [0, 0.05) is 0 Å². The van der Waals surface area contributed by atoms with Crippen molar-refractivity contribution in [3.8, 4) is 0 Å². The lowest BCUT2D eigenvalue weighted by Crippen LogP contribution is -2.27. The van der Waals surface area contributed by atoms with E-state index in [1.54, 1.807) is 30.3 Å². The minimum atomic E-state index is -4.37. The molecule has 1 unspecified atom stereocenters. The Bertz CT molecular complexity index is 349. The van der Waals surface area contributed by atoms with E-state index in [1.807, 2.05) is 0 Å². The summed E-state index contributed by atoms with van der Waals surface area (Å²) in [6.07, 6.45) is -4.22. The van der Waals surface area contributed by atoms with Crippen LogP contribution in [0.15, 0.2) is 40.6 Å². The zero-order valence-corrected chi connectivity index (χ0v) is 9.19. The lowest BCUT2D eigenvalue weighted by Gasteiger charge is -2.14. The predicted molar refractivity (Wildman–Crippen MR) is 59.1 cm³/mol. The Morgan fingerprint density at radius 3 is 2.35 bits per heavy atom. The van der Waals surface area contributed by atoms with Gasteiger partial charge in [0.1, 0.15) is 0 Å². The van der Waals surface area contributed by atoms with E-state index in [2.05, 4.69) is 10.2 Å². The van der Waals surface area contributed by atoms with Crippen LogP contribution in [0.2, 0.25) is 0 Å². The number of halogens is 3. The molecule has 2 N–H and O–H groups in total. The van der Waals surface area contributed by atoms with E-state index in [0.717, 1.165) is 0 Å². The normalized spacial score (nSPS) is 14.1. The molecule has 1 aromatic carbocycles. The van der Waals surface area contributed by atoms with Gasteiger partial charge in [-0.25, -0.2) is 0 Å². The molecule has 0 aliphatic rings. The fourth-order valence-corrected chi connectivity index (χ4v) is 1.23. The first-order valence-electron chi connectivity index (χ1n) is 5.26. The SMILES string of the molecule is NCCCC(N=Nc1ccccc1)C(F)(F)F. The predicted octanol–water partition coefficient (Wildman–Crippen LogP) is 3.44. The summed E-state index contributed by atoms with van der Waals surface area (Å²) in [5.41, 5.74) is 5.60. The van der Waals surface area contributed by atoms with Crippen molar-refractivity contribution in [2.24, 2.45) is 16.0 Å². The molecule has 1 atom stereocenters. The molecule has 0 aromatic heterocycles. The Morgan fingerprint density at radius 1 is 1.18 bits per heavy atom. The molecule has 0 saturated carbocycles. The van der Waals surface area contributed by atoms with Gasteiger partial charge in [0.2, 0.25) is 0 Å². The molecule has 0 fully saturated rings. The van der Waals surface area contributed by atoms with Crippen LogP contribution >= 0.6 is 0 Å². The van der Waals surface area contributed by atoms with Crippen molar-refractivity contribution >= 4 is 5.69 Å². The third-order valence-electron chi connectivity index (χ3n) is 2.13. The van der Waals surface area contributed by atoms with Crippen LogP contribution in [0, 0.1) is 0 Å².